The second kappa shape index (κ2) is 6.64. The number of aromatic amines is 1. The average Bonchev–Trinajstić information content (AvgIpc) is 3.21. The zero-order chi connectivity index (χ0) is 17.9. The molecular formula is C19H17N7. The van der Waals surface area contributed by atoms with Gasteiger partial charge in [0.1, 0.15) is 0 Å². The summed E-state index contributed by atoms with van der Waals surface area (Å²) in [6, 6.07) is 13.7. The molecule has 4 rings (SSSR count). The number of pyridine rings is 2. The molecule has 7 heteroatoms. The molecule has 0 fully saturated rings. The lowest BCUT2D eigenvalue weighted by Gasteiger charge is -2.20. The van der Waals surface area contributed by atoms with E-state index in [1.807, 2.05) is 36.4 Å². The zero-order valence-electron chi connectivity index (χ0n) is 14.0. The Morgan fingerprint density at radius 1 is 1.19 bits per heavy atom. The topological polar surface area (TPSA) is 96.1 Å². The molecule has 0 spiro atoms. The van der Waals surface area contributed by atoms with Crippen molar-refractivity contribution in [3.8, 4) is 11.3 Å². The minimum Gasteiger partial charge on any atom is -0.396 e. The van der Waals surface area contributed by atoms with Crippen molar-refractivity contribution < 1.29 is 0 Å². The van der Waals surface area contributed by atoms with Crippen molar-refractivity contribution in [2.75, 3.05) is 10.7 Å². The summed E-state index contributed by atoms with van der Waals surface area (Å²) in [7, 11) is 0. The van der Waals surface area contributed by atoms with Crippen LogP contribution in [-0.4, -0.2) is 26.9 Å². The third kappa shape index (κ3) is 2.98. The first-order valence-corrected chi connectivity index (χ1v) is 8.08. The Balaban J connectivity index is 1.68. The summed E-state index contributed by atoms with van der Waals surface area (Å²) < 4.78 is 0. The van der Waals surface area contributed by atoms with Crippen molar-refractivity contribution in [2.24, 2.45) is 5.10 Å². The number of nitrogens with two attached hydrogens (primary N) is 1. The van der Waals surface area contributed by atoms with Crippen LogP contribution in [-0.2, 0) is 6.54 Å². The molecule has 0 atom stereocenters. The SMILES string of the molecule is C=NN(Cc1ccc2ncccc2c1)c1nc(-c2cn[nH]c2)ccc1N. The Morgan fingerprint density at radius 2 is 2.12 bits per heavy atom. The number of nitrogens with zero attached hydrogens (tertiary/aromatic N) is 5. The van der Waals surface area contributed by atoms with Crippen LogP contribution in [0, 0.1) is 0 Å². The van der Waals surface area contributed by atoms with Crippen LogP contribution >= 0.6 is 0 Å². The quantitative estimate of drug-likeness (QED) is 0.428. The summed E-state index contributed by atoms with van der Waals surface area (Å²) in [5.41, 5.74) is 10.3. The summed E-state index contributed by atoms with van der Waals surface area (Å²) in [5.74, 6) is 0.560. The van der Waals surface area contributed by atoms with Crippen LogP contribution in [0.1, 0.15) is 5.56 Å². The summed E-state index contributed by atoms with van der Waals surface area (Å²) >= 11 is 0. The molecule has 0 aliphatic carbocycles. The standard InChI is InChI=1S/C19H17N7/c1-21-26(12-13-4-6-17-14(9-13)3-2-8-22-17)19-16(20)5-7-18(25-19)15-10-23-24-11-15/h2-11H,1,12,20H2,(H,23,24). The molecule has 4 aromatic rings. The van der Waals surface area contributed by atoms with Crippen LogP contribution in [0.2, 0.25) is 0 Å². The van der Waals surface area contributed by atoms with E-state index in [9.17, 15) is 0 Å². The molecule has 26 heavy (non-hydrogen) atoms. The molecule has 3 heterocycles. The second-order valence-corrected chi connectivity index (χ2v) is 5.83. The number of hydrazone groups is 1. The number of nitrogens with one attached hydrogen (secondary N) is 1. The Hall–Kier alpha value is -3.74. The average molecular weight is 343 g/mol. The van der Waals surface area contributed by atoms with E-state index in [-0.39, 0.29) is 0 Å². The van der Waals surface area contributed by atoms with E-state index < -0.39 is 0 Å². The summed E-state index contributed by atoms with van der Waals surface area (Å²) in [5, 5.41) is 13.6. The third-order valence-electron chi connectivity index (χ3n) is 4.11. The molecular weight excluding hydrogens is 326 g/mol. The van der Waals surface area contributed by atoms with Gasteiger partial charge >= 0.3 is 0 Å². The van der Waals surface area contributed by atoms with Crippen LogP contribution in [0.3, 0.4) is 0 Å². The predicted molar refractivity (Wildman–Crippen MR) is 104 cm³/mol. The lowest BCUT2D eigenvalue weighted by molar-refractivity contribution is 0.844. The van der Waals surface area contributed by atoms with Crippen molar-refractivity contribution in [3.05, 3.63) is 66.6 Å². The Kier molecular flexibility index (Phi) is 4.03. The number of anilines is 2. The number of rotatable bonds is 5. The largest absolute Gasteiger partial charge is 0.396 e. The number of H-pyrrole nitrogens is 1. The highest BCUT2D eigenvalue weighted by atomic mass is 15.5. The van der Waals surface area contributed by atoms with Crippen LogP contribution in [0.4, 0.5) is 11.5 Å². The Labute approximate surface area is 150 Å². The molecule has 0 bridgehead atoms. The van der Waals surface area contributed by atoms with E-state index in [2.05, 4.69) is 38.1 Å². The molecule has 0 saturated carbocycles. The van der Waals surface area contributed by atoms with Crippen molar-refractivity contribution in [1.82, 2.24) is 20.2 Å². The van der Waals surface area contributed by atoms with E-state index in [0.717, 1.165) is 27.7 Å². The second-order valence-electron chi connectivity index (χ2n) is 5.83. The first kappa shape index (κ1) is 15.8. The maximum Gasteiger partial charge on any atom is 0.173 e. The van der Waals surface area contributed by atoms with Gasteiger partial charge in [-0.05, 0) is 35.9 Å². The van der Waals surface area contributed by atoms with Crippen LogP contribution < -0.4 is 10.7 Å². The fraction of sp³-hybridized carbons (Fsp3) is 0.0526. The molecule has 7 nitrogen and oxygen atoms in total. The number of hydrogen-bond acceptors (Lipinski definition) is 6. The maximum atomic E-state index is 6.14. The van der Waals surface area contributed by atoms with Gasteiger partial charge in [0.15, 0.2) is 5.82 Å². The van der Waals surface area contributed by atoms with Gasteiger partial charge in [-0.2, -0.15) is 10.2 Å². The fourth-order valence-corrected chi connectivity index (χ4v) is 2.81. The number of nitrogen functional groups attached to an aromatic ring is 1. The number of benzene rings is 1. The minimum atomic E-state index is 0.500. The zero-order valence-corrected chi connectivity index (χ0v) is 14.0. The molecule has 0 aliphatic rings. The number of fused-ring (bicyclic) bond motifs is 1. The first-order chi connectivity index (χ1) is 12.7. The minimum absolute atomic E-state index is 0.500. The number of hydrogen-bond donors (Lipinski definition) is 2. The highest BCUT2D eigenvalue weighted by Crippen LogP contribution is 2.27. The molecule has 3 N–H and O–H groups in total. The molecule has 0 amide bonds. The smallest absolute Gasteiger partial charge is 0.173 e. The van der Waals surface area contributed by atoms with E-state index in [1.54, 1.807) is 23.6 Å². The van der Waals surface area contributed by atoms with Crippen molar-refractivity contribution in [1.29, 1.82) is 0 Å². The normalized spacial score (nSPS) is 10.8. The molecule has 128 valence electrons. The molecule has 0 unspecified atom stereocenters. The number of aromatic nitrogens is 4. The van der Waals surface area contributed by atoms with Gasteiger partial charge in [0.05, 0.1) is 29.6 Å². The molecule has 1 aromatic carbocycles. The Morgan fingerprint density at radius 3 is 2.92 bits per heavy atom. The van der Waals surface area contributed by atoms with E-state index >= 15 is 0 Å². The first-order valence-electron chi connectivity index (χ1n) is 8.08. The van der Waals surface area contributed by atoms with Gasteiger partial charge in [0, 0.05) is 30.1 Å². The highest BCUT2D eigenvalue weighted by Gasteiger charge is 2.13. The van der Waals surface area contributed by atoms with Crippen molar-refractivity contribution >= 4 is 29.1 Å². The predicted octanol–water partition coefficient (Wildman–Crippen LogP) is 3.22. The van der Waals surface area contributed by atoms with Gasteiger partial charge in [-0.3, -0.25) is 10.1 Å². The molecule has 3 aromatic heterocycles. The lowest BCUT2D eigenvalue weighted by Crippen LogP contribution is -2.18. The van der Waals surface area contributed by atoms with Gasteiger partial charge in [-0.15, -0.1) is 0 Å². The summed E-state index contributed by atoms with van der Waals surface area (Å²) in [4.78, 5) is 8.98. The fourth-order valence-electron chi connectivity index (χ4n) is 2.81. The van der Waals surface area contributed by atoms with Crippen LogP contribution in [0.15, 0.2) is 66.2 Å². The van der Waals surface area contributed by atoms with Gasteiger partial charge in [-0.25, -0.2) is 9.99 Å². The van der Waals surface area contributed by atoms with E-state index in [1.165, 1.54) is 0 Å². The van der Waals surface area contributed by atoms with E-state index in [4.69, 9.17) is 5.73 Å². The van der Waals surface area contributed by atoms with Gasteiger partial charge in [0.2, 0.25) is 0 Å². The molecule has 0 radical (unpaired) electrons. The summed E-state index contributed by atoms with van der Waals surface area (Å²) in [6.45, 7) is 4.18. The van der Waals surface area contributed by atoms with Gasteiger partial charge in [0.25, 0.3) is 0 Å². The summed E-state index contributed by atoms with van der Waals surface area (Å²) in [6.07, 6.45) is 5.28. The van der Waals surface area contributed by atoms with Crippen molar-refractivity contribution in [2.45, 2.75) is 6.54 Å². The third-order valence-corrected chi connectivity index (χ3v) is 4.11. The van der Waals surface area contributed by atoms with E-state index in [0.29, 0.717) is 18.1 Å². The van der Waals surface area contributed by atoms with Crippen LogP contribution in [0.25, 0.3) is 22.2 Å². The molecule has 0 saturated heterocycles. The van der Waals surface area contributed by atoms with Gasteiger partial charge < -0.3 is 5.73 Å². The molecule has 0 aliphatic heterocycles. The van der Waals surface area contributed by atoms with Crippen LogP contribution in [0.5, 0.6) is 0 Å². The van der Waals surface area contributed by atoms with Crippen molar-refractivity contribution in [3.63, 3.8) is 0 Å². The monoisotopic (exact) mass is 343 g/mol. The Bertz CT molecular complexity index is 1060. The highest BCUT2D eigenvalue weighted by molar-refractivity contribution is 5.79. The maximum absolute atomic E-state index is 6.14. The van der Waals surface area contributed by atoms with Gasteiger partial charge in [-0.1, -0.05) is 12.1 Å². The lowest BCUT2D eigenvalue weighted by atomic mass is 10.1.